The molecule has 0 aromatic carbocycles. The predicted octanol–water partition coefficient (Wildman–Crippen LogP) is -0.430. The maximum atomic E-state index is 12.4. The lowest BCUT2D eigenvalue weighted by atomic mass is 9.98. The van der Waals surface area contributed by atoms with E-state index in [1.807, 2.05) is 0 Å². The number of nitrogens with one attached hydrogen (secondary N) is 1. The molecule has 0 saturated carbocycles. The Bertz CT molecular complexity index is 362. The van der Waals surface area contributed by atoms with Crippen molar-refractivity contribution in [3.63, 3.8) is 0 Å². The topological polar surface area (TPSA) is 72.9 Å². The van der Waals surface area contributed by atoms with E-state index in [0.29, 0.717) is 13.1 Å². The summed E-state index contributed by atoms with van der Waals surface area (Å²) in [5.41, 5.74) is 0. The van der Waals surface area contributed by atoms with E-state index in [-0.39, 0.29) is 30.9 Å². The molecule has 2 atom stereocenters. The fourth-order valence-corrected chi connectivity index (χ4v) is 2.95. The Morgan fingerprint density at radius 2 is 2.20 bits per heavy atom. The molecule has 0 radical (unpaired) electrons. The van der Waals surface area contributed by atoms with Gasteiger partial charge in [-0.15, -0.1) is 0 Å². The Kier molecular flexibility index (Phi) is 5.37. The van der Waals surface area contributed by atoms with Crippen LogP contribution in [0, 0.1) is 0 Å². The molecule has 2 unspecified atom stereocenters. The van der Waals surface area contributed by atoms with Gasteiger partial charge in [0.2, 0.25) is 11.8 Å². The Morgan fingerprint density at radius 3 is 2.95 bits per heavy atom. The van der Waals surface area contributed by atoms with E-state index < -0.39 is 6.10 Å². The zero-order chi connectivity index (χ0) is 14.5. The Balaban J connectivity index is 1.88. The normalized spacial score (nSPS) is 24.8. The first-order chi connectivity index (χ1) is 9.63. The number of fused-ring (bicyclic) bond motifs is 1. The standard InChI is InChI=1S/C14H25N3O3/c1-2-6-15-8-11(18)9-16-10-13(19)17-7-4-3-5-12(17)14(16)20/h11-12,15,18H,2-10H2,1H3. The molecular weight excluding hydrogens is 258 g/mol. The van der Waals surface area contributed by atoms with Crippen molar-refractivity contribution in [2.75, 3.05) is 32.7 Å². The second kappa shape index (κ2) is 7.04. The van der Waals surface area contributed by atoms with Crippen molar-refractivity contribution in [1.82, 2.24) is 15.1 Å². The Hall–Kier alpha value is -1.14. The van der Waals surface area contributed by atoms with Crippen molar-refractivity contribution in [3.8, 4) is 0 Å². The van der Waals surface area contributed by atoms with Gasteiger partial charge in [0.25, 0.3) is 0 Å². The molecule has 2 heterocycles. The summed E-state index contributed by atoms with van der Waals surface area (Å²) in [6.45, 7) is 4.42. The summed E-state index contributed by atoms with van der Waals surface area (Å²) < 4.78 is 0. The van der Waals surface area contributed by atoms with Crippen LogP contribution in [0.5, 0.6) is 0 Å². The second-order valence-electron chi connectivity index (χ2n) is 5.68. The molecule has 2 aliphatic heterocycles. The fourth-order valence-electron chi connectivity index (χ4n) is 2.95. The first kappa shape index (κ1) is 15.3. The molecule has 0 aromatic rings. The minimum atomic E-state index is -0.617. The van der Waals surface area contributed by atoms with Crippen LogP contribution in [0.1, 0.15) is 32.6 Å². The highest BCUT2D eigenvalue weighted by Gasteiger charge is 2.40. The van der Waals surface area contributed by atoms with E-state index in [9.17, 15) is 14.7 Å². The van der Waals surface area contributed by atoms with Gasteiger partial charge >= 0.3 is 0 Å². The highest BCUT2D eigenvalue weighted by molar-refractivity contribution is 5.95. The van der Waals surface area contributed by atoms with Gasteiger partial charge < -0.3 is 20.2 Å². The van der Waals surface area contributed by atoms with Crippen LogP contribution in [0.4, 0.5) is 0 Å². The maximum Gasteiger partial charge on any atom is 0.245 e. The van der Waals surface area contributed by atoms with E-state index in [1.165, 1.54) is 4.90 Å². The van der Waals surface area contributed by atoms with E-state index >= 15 is 0 Å². The van der Waals surface area contributed by atoms with Gasteiger partial charge in [0.1, 0.15) is 6.04 Å². The third-order valence-electron chi connectivity index (χ3n) is 3.98. The molecule has 2 N–H and O–H groups in total. The number of hydrogen-bond donors (Lipinski definition) is 2. The first-order valence-corrected chi connectivity index (χ1v) is 7.60. The number of aliphatic hydroxyl groups is 1. The van der Waals surface area contributed by atoms with Gasteiger partial charge in [0.15, 0.2) is 0 Å². The van der Waals surface area contributed by atoms with Crippen molar-refractivity contribution >= 4 is 11.8 Å². The highest BCUT2D eigenvalue weighted by Crippen LogP contribution is 2.23. The lowest BCUT2D eigenvalue weighted by Crippen LogP contribution is -2.62. The molecule has 0 spiro atoms. The van der Waals surface area contributed by atoms with Crippen LogP contribution in [0.25, 0.3) is 0 Å². The molecule has 2 fully saturated rings. The number of aliphatic hydroxyl groups excluding tert-OH is 1. The van der Waals surface area contributed by atoms with Gasteiger partial charge in [-0.2, -0.15) is 0 Å². The van der Waals surface area contributed by atoms with Crippen LogP contribution < -0.4 is 5.32 Å². The number of rotatable bonds is 6. The predicted molar refractivity (Wildman–Crippen MR) is 75.1 cm³/mol. The number of amides is 2. The molecule has 6 heteroatoms. The molecule has 2 saturated heterocycles. The average Bonchev–Trinajstić information content (AvgIpc) is 2.45. The summed E-state index contributed by atoms with van der Waals surface area (Å²) in [6.07, 6.45) is 3.12. The van der Waals surface area contributed by atoms with Crippen LogP contribution in [0.3, 0.4) is 0 Å². The number of piperidine rings is 1. The number of hydrogen-bond acceptors (Lipinski definition) is 4. The molecule has 2 amide bonds. The van der Waals surface area contributed by atoms with Crippen LogP contribution in [-0.2, 0) is 9.59 Å². The number of carbonyl (C=O) groups is 2. The van der Waals surface area contributed by atoms with Gasteiger partial charge in [-0.1, -0.05) is 6.92 Å². The largest absolute Gasteiger partial charge is 0.390 e. The monoisotopic (exact) mass is 283 g/mol. The van der Waals surface area contributed by atoms with E-state index in [1.54, 1.807) is 4.90 Å². The molecule has 20 heavy (non-hydrogen) atoms. The summed E-state index contributed by atoms with van der Waals surface area (Å²) in [6, 6.07) is -0.291. The summed E-state index contributed by atoms with van der Waals surface area (Å²) >= 11 is 0. The van der Waals surface area contributed by atoms with Crippen LogP contribution in [0.2, 0.25) is 0 Å². The summed E-state index contributed by atoms with van der Waals surface area (Å²) in [7, 11) is 0. The smallest absolute Gasteiger partial charge is 0.245 e. The maximum absolute atomic E-state index is 12.4. The molecule has 114 valence electrons. The van der Waals surface area contributed by atoms with Crippen molar-refractivity contribution in [1.29, 1.82) is 0 Å². The van der Waals surface area contributed by atoms with Gasteiger partial charge in [-0.05, 0) is 32.2 Å². The molecular formula is C14H25N3O3. The number of nitrogens with zero attached hydrogens (tertiary/aromatic N) is 2. The third kappa shape index (κ3) is 3.49. The Morgan fingerprint density at radius 1 is 1.40 bits per heavy atom. The lowest BCUT2D eigenvalue weighted by Gasteiger charge is -2.43. The SMILES string of the molecule is CCCNCC(O)CN1CC(=O)N2CCCCC2C1=O. The minimum Gasteiger partial charge on any atom is -0.390 e. The highest BCUT2D eigenvalue weighted by atomic mass is 16.3. The summed E-state index contributed by atoms with van der Waals surface area (Å²) in [5, 5.41) is 13.1. The lowest BCUT2D eigenvalue weighted by molar-refractivity contribution is -0.158. The van der Waals surface area contributed by atoms with Crippen molar-refractivity contribution < 1.29 is 14.7 Å². The van der Waals surface area contributed by atoms with Crippen LogP contribution in [-0.4, -0.2) is 71.6 Å². The number of β-amino-alcohol motifs (C(OH)–C–C–N with tert-alkyl or cyclic N) is 1. The van der Waals surface area contributed by atoms with E-state index in [0.717, 1.165) is 32.2 Å². The Labute approximate surface area is 120 Å². The second-order valence-corrected chi connectivity index (χ2v) is 5.68. The van der Waals surface area contributed by atoms with Crippen LogP contribution >= 0.6 is 0 Å². The van der Waals surface area contributed by atoms with Crippen molar-refractivity contribution in [2.24, 2.45) is 0 Å². The number of carbonyl (C=O) groups excluding carboxylic acids is 2. The zero-order valence-corrected chi connectivity index (χ0v) is 12.2. The molecule has 0 aromatic heterocycles. The molecule has 0 bridgehead atoms. The van der Waals surface area contributed by atoms with Crippen molar-refractivity contribution in [2.45, 2.75) is 44.8 Å². The first-order valence-electron chi connectivity index (χ1n) is 7.60. The fraction of sp³-hybridized carbons (Fsp3) is 0.857. The minimum absolute atomic E-state index is 0.00107. The summed E-state index contributed by atoms with van der Waals surface area (Å²) in [5.74, 6) is 0.0156. The molecule has 2 rings (SSSR count). The summed E-state index contributed by atoms with van der Waals surface area (Å²) in [4.78, 5) is 27.7. The quantitative estimate of drug-likeness (QED) is 0.649. The van der Waals surface area contributed by atoms with Gasteiger partial charge in [-0.25, -0.2) is 0 Å². The molecule has 6 nitrogen and oxygen atoms in total. The van der Waals surface area contributed by atoms with Gasteiger partial charge in [0.05, 0.1) is 12.6 Å². The van der Waals surface area contributed by atoms with E-state index in [2.05, 4.69) is 12.2 Å². The third-order valence-corrected chi connectivity index (χ3v) is 3.98. The number of piperazine rings is 1. The van der Waals surface area contributed by atoms with Gasteiger partial charge in [-0.3, -0.25) is 9.59 Å². The van der Waals surface area contributed by atoms with E-state index in [4.69, 9.17) is 0 Å². The molecule has 2 aliphatic rings. The van der Waals surface area contributed by atoms with Gasteiger partial charge in [0, 0.05) is 19.6 Å². The van der Waals surface area contributed by atoms with Crippen LogP contribution in [0.15, 0.2) is 0 Å². The zero-order valence-electron chi connectivity index (χ0n) is 12.2. The molecule has 0 aliphatic carbocycles. The van der Waals surface area contributed by atoms with Crippen molar-refractivity contribution in [3.05, 3.63) is 0 Å². The average molecular weight is 283 g/mol.